The number of amides is 1. The zero-order valence-corrected chi connectivity index (χ0v) is 17.7. The molecule has 10 nitrogen and oxygen atoms in total. The minimum Gasteiger partial charge on any atom is -0.493 e. The van der Waals surface area contributed by atoms with E-state index in [0.717, 1.165) is 5.56 Å². The fourth-order valence-corrected chi connectivity index (χ4v) is 3.12. The van der Waals surface area contributed by atoms with Crippen molar-refractivity contribution in [2.24, 2.45) is 0 Å². The summed E-state index contributed by atoms with van der Waals surface area (Å²) in [5.74, 6) is 2.73. The van der Waals surface area contributed by atoms with Crippen LogP contribution in [-0.2, 0) is 11.2 Å². The molecule has 3 aromatic rings. The van der Waals surface area contributed by atoms with E-state index in [2.05, 4.69) is 15.5 Å². The van der Waals surface area contributed by atoms with Crippen LogP contribution in [0.3, 0.4) is 0 Å². The van der Waals surface area contributed by atoms with Crippen molar-refractivity contribution in [3.05, 3.63) is 53.4 Å². The summed E-state index contributed by atoms with van der Waals surface area (Å²) in [6, 6.07) is 9.01. The number of rotatable bonds is 8. The third kappa shape index (κ3) is 4.59. The van der Waals surface area contributed by atoms with Crippen LogP contribution in [0.15, 0.2) is 40.8 Å². The molecule has 0 radical (unpaired) electrons. The molecule has 0 saturated heterocycles. The first-order chi connectivity index (χ1) is 15.6. The minimum atomic E-state index is -0.433. The van der Waals surface area contributed by atoms with E-state index in [1.165, 1.54) is 27.4 Å². The number of carbonyl (C=O) groups excluding carboxylic acids is 1. The number of hydrogen-bond acceptors (Lipinski definition) is 9. The molecule has 0 bridgehead atoms. The van der Waals surface area contributed by atoms with Crippen LogP contribution in [0.25, 0.3) is 6.08 Å². The molecule has 166 valence electrons. The molecular formula is C22H21N3O7. The minimum absolute atomic E-state index is 0.000264. The highest BCUT2D eigenvalue weighted by Gasteiger charge is 2.16. The van der Waals surface area contributed by atoms with E-state index in [0.29, 0.717) is 46.6 Å². The molecule has 0 spiro atoms. The van der Waals surface area contributed by atoms with Crippen LogP contribution in [0.1, 0.15) is 17.0 Å². The average Bonchev–Trinajstić information content (AvgIpc) is 3.45. The monoisotopic (exact) mass is 439 g/mol. The molecule has 2 aromatic carbocycles. The Morgan fingerprint density at radius 3 is 2.50 bits per heavy atom. The van der Waals surface area contributed by atoms with Gasteiger partial charge in [0.15, 0.2) is 23.0 Å². The lowest BCUT2D eigenvalue weighted by Gasteiger charge is -2.12. The zero-order valence-electron chi connectivity index (χ0n) is 17.7. The Morgan fingerprint density at radius 1 is 1.03 bits per heavy atom. The van der Waals surface area contributed by atoms with Crippen LogP contribution in [0.5, 0.6) is 28.7 Å². The Bertz CT molecular complexity index is 1130. The molecule has 32 heavy (non-hydrogen) atoms. The van der Waals surface area contributed by atoms with Gasteiger partial charge in [0.2, 0.25) is 18.4 Å². The van der Waals surface area contributed by atoms with Gasteiger partial charge in [-0.25, -0.2) is 0 Å². The van der Waals surface area contributed by atoms with Crippen LogP contribution in [-0.4, -0.2) is 44.2 Å². The topological polar surface area (TPSA) is 114 Å². The van der Waals surface area contributed by atoms with Crippen molar-refractivity contribution < 1.29 is 32.9 Å². The van der Waals surface area contributed by atoms with E-state index in [4.69, 9.17) is 28.1 Å². The standard InChI is InChI=1S/C22H21N3O7/c1-27-17-9-13(10-18(28-2)21(17)29-3)5-7-19(26)23-22-25-24-20(32-22)11-14-4-6-15-16(8-14)31-12-30-15/h4-10H,11-12H2,1-3H3,(H,23,25,26). The highest BCUT2D eigenvalue weighted by Crippen LogP contribution is 2.38. The molecule has 0 atom stereocenters. The number of fused-ring (bicyclic) bond motifs is 1. The summed E-state index contributed by atoms with van der Waals surface area (Å²) in [6.45, 7) is 0.207. The van der Waals surface area contributed by atoms with Crippen molar-refractivity contribution in [2.45, 2.75) is 6.42 Å². The van der Waals surface area contributed by atoms with Crippen LogP contribution < -0.4 is 29.0 Å². The van der Waals surface area contributed by atoms with Gasteiger partial charge in [0.25, 0.3) is 5.91 Å². The van der Waals surface area contributed by atoms with Crippen molar-refractivity contribution in [1.82, 2.24) is 10.2 Å². The van der Waals surface area contributed by atoms with E-state index in [9.17, 15) is 4.79 Å². The molecule has 10 heteroatoms. The third-order valence-electron chi connectivity index (χ3n) is 4.60. The summed E-state index contributed by atoms with van der Waals surface area (Å²) >= 11 is 0. The van der Waals surface area contributed by atoms with Gasteiger partial charge in [0.05, 0.1) is 27.8 Å². The molecule has 0 unspecified atom stereocenters. The number of nitrogens with zero attached hydrogens (tertiary/aromatic N) is 2. The van der Waals surface area contributed by atoms with Crippen molar-refractivity contribution >= 4 is 18.0 Å². The molecule has 4 rings (SSSR count). The van der Waals surface area contributed by atoms with Crippen molar-refractivity contribution in [3.8, 4) is 28.7 Å². The molecule has 0 saturated carbocycles. The maximum absolute atomic E-state index is 12.3. The highest BCUT2D eigenvalue weighted by molar-refractivity contribution is 6.00. The first-order valence-corrected chi connectivity index (χ1v) is 9.59. The molecule has 1 aliphatic heterocycles. The van der Waals surface area contributed by atoms with Gasteiger partial charge in [0.1, 0.15) is 0 Å². The smallest absolute Gasteiger partial charge is 0.322 e. The molecule has 1 amide bonds. The number of benzene rings is 2. The molecular weight excluding hydrogens is 418 g/mol. The first-order valence-electron chi connectivity index (χ1n) is 9.59. The van der Waals surface area contributed by atoms with Gasteiger partial charge < -0.3 is 28.1 Å². The van der Waals surface area contributed by atoms with Gasteiger partial charge in [0, 0.05) is 6.08 Å². The van der Waals surface area contributed by atoms with Crippen LogP contribution in [0.2, 0.25) is 0 Å². The molecule has 1 N–H and O–H groups in total. The van der Waals surface area contributed by atoms with Gasteiger partial charge in [-0.2, -0.15) is 0 Å². The third-order valence-corrected chi connectivity index (χ3v) is 4.60. The van der Waals surface area contributed by atoms with Crippen LogP contribution >= 0.6 is 0 Å². The zero-order chi connectivity index (χ0) is 22.5. The van der Waals surface area contributed by atoms with Crippen molar-refractivity contribution in [1.29, 1.82) is 0 Å². The van der Waals surface area contributed by atoms with Crippen LogP contribution in [0, 0.1) is 0 Å². The number of aromatic nitrogens is 2. The fraction of sp³-hybridized carbons (Fsp3) is 0.227. The van der Waals surface area contributed by atoms with Gasteiger partial charge >= 0.3 is 6.01 Å². The number of ether oxygens (including phenoxy) is 5. The SMILES string of the molecule is COc1cc(C=CC(=O)Nc2nnc(Cc3ccc4c(c3)OCO4)o2)cc(OC)c1OC. The van der Waals surface area contributed by atoms with E-state index in [1.807, 2.05) is 18.2 Å². The second kappa shape index (κ2) is 9.29. The summed E-state index contributed by atoms with van der Waals surface area (Å²) < 4.78 is 32.1. The summed E-state index contributed by atoms with van der Waals surface area (Å²) in [5.41, 5.74) is 1.60. The van der Waals surface area contributed by atoms with Crippen LogP contribution in [0.4, 0.5) is 6.01 Å². The Hall–Kier alpha value is -4.21. The molecule has 2 heterocycles. The van der Waals surface area contributed by atoms with E-state index in [-0.39, 0.29) is 12.8 Å². The molecule has 1 aromatic heterocycles. The lowest BCUT2D eigenvalue weighted by molar-refractivity contribution is -0.112. The molecule has 0 fully saturated rings. The summed E-state index contributed by atoms with van der Waals surface area (Å²) in [7, 11) is 4.57. The van der Waals surface area contributed by atoms with Gasteiger partial charge in [-0.15, -0.1) is 5.10 Å². The van der Waals surface area contributed by atoms with E-state index in [1.54, 1.807) is 18.2 Å². The Morgan fingerprint density at radius 2 is 1.78 bits per heavy atom. The maximum Gasteiger partial charge on any atom is 0.322 e. The Kier molecular flexibility index (Phi) is 6.11. The number of carbonyl (C=O) groups is 1. The number of anilines is 1. The summed E-state index contributed by atoms with van der Waals surface area (Å²) in [5, 5.41) is 10.4. The highest BCUT2D eigenvalue weighted by atomic mass is 16.7. The van der Waals surface area contributed by atoms with Gasteiger partial charge in [-0.05, 0) is 41.5 Å². The quantitative estimate of drug-likeness (QED) is 0.529. The lowest BCUT2D eigenvalue weighted by Crippen LogP contribution is -2.07. The largest absolute Gasteiger partial charge is 0.493 e. The van der Waals surface area contributed by atoms with Crippen molar-refractivity contribution in [3.63, 3.8) is 0 Å². The summed E-state index contributed by atoms with van der Waals surface area (Å²) in [4.78, 5) is 12.3. The molecule has 1 aliphatic rings. The number of nitrogens with one attached hydrogen (secondary N) is 1. The number of methoxy groups -OCH3 is 3. The normalized spacial score (nSPS) is 12.1. The predicted molar refractivity (Wildman–Crippen MR) is 113 cm³/mol. The number of hydrogen-bond donors (Lipinski definition) is 1. The first kappa shape index (κ1) is 21.0. The fourth-order valence-electron chi connectivity index (χ4n) is 3.12. The second-order valence-corrected chi connectivity index (χ2v) is 6.65. The van der Waals surface area contributed by atoms with Gasteiger partial charge in [-0.3, -0.25) is 10.1 Å². The van der Waals surface area contributed by atoms with Crippen molar-refractivity contribution in [2.75, 3.05) is 33.4 Å². The van der Waals surface area contributed by atoms with Gasteiger partial charge in [-0.1, -0.05) is 11.2 Å². The predicted octanol–water partition coefficient (Wildman–Crippen LogP) is 3.07. The van der Waals surface area contributed by atoms with E-state index >= 15 is 0 Å². The Labute approximate surface area is 183 Å². The maximum atomic E-state index is 12.3. The second-order valence-electron chi connectivity index (χ2n) is 6.65. The Balaban J connectivity index is 1.39. The molecule has 0 aliphatic carbocycles. The lowest BCUT2D eigenvalue weighted by atomic mass is 10.1. The summed E-state index contributed by atoms with van der Waals surface area (Å²) in [6.07, 6.45) is 3.33. The average molecular weight is 439 g/mol. The van der Waals surface area contributed by atoms with E-state index < -0.39 is 5.91 Å².